The van der Waals surface area contributed by atoms with Crippen LogP contribution in [0.2, 0.25) is 0 Å². The first-order chi connectivity index (χ1) is 13.6. The fraction of sp³-hybridized carbons (Fsp3) is 0.909. The number of likely N-dealkylation sites (N-methyl/N-ethyl adjacent to an activating group) is 1. The molecule has 3 aliphatic heterocycles. The summed E-state index contributed by atoms with van der Waals surface area (Å²) in [4.78, 5) is 30.8. The summed E-state index contributed by atoms with van der Waals surface area (Å²) < 4.78 is 0. The molecular formula is C22H40N4O2. The van der Waals surface area contributed by atoms with Crippen LogP contribution in [-0.2, 0) is 9.59 Å². The summed E-state index contributed by atoms with van der Waals surface area (Å²) in [6.45, 7) is 11.1. The van der Waals surface area contributed by atoms with Crippen LogP contribution in [0.4, 0.5) is 0 Å². The molecule has 0 bridgehead atoms. The topological polar surface area (TPSA) is 55.9 Å². The lowest BCUT2D eigenvalue weighted by Gasteiger charge is -2.41. The number of likely N-dealkylation sites (tertiary alicyclic amines) is 3. The zero-order valence-electron chi connectivity index (χ0n) is 18.0. The van der Waals surface area contributed by atoms with Crippen molar-refractivity contribution in [3.05, 3.63) is 0 Å². The fourth-order valence-electron chi connectivity index (χ4n) is 5.35. The molecule has 6 nitrogen and oxygen atoms in total. The molecule has 28 heavy (non-hydrogen) atoms. The van der Waals surface area contributed by atoms with Gasteiger partial charge in [-0.1, -0.05) is 6.92 Å². The summed E-state index contributed by atoms with van der Waals surface area (Å²) in [6, 6.07) is 1.19. The number of rotatable bonds is 7. The Morgan fingerprint density at radius 1 is 0.964 bits per heavy atom. The van der Waals surface area contributed by atoms with Gasteiger partial charge in [-0.15, -0.1) is 0 Å². The number of carbonyl (C=O) groups excluding carboxylic acids is 2. The van der Waals surface area contributed by atoms with Gasteiger partial charge in [0.2, 0.25) is 11.8 Å². The van der Waals surface area contributed by atoms with Gasteiger partial charge in [0.1, 0.15) is 0 Å². The molecule has 0 aromatic heterocycles. The van der Waals surface area contributed by atoms with Crippen molar-refractivity contribution < 1.29 is 9.59 Å². The SMILES string of the molecule is CCN1CCCC1CNC(=O)CCC1CCN(C2CCN(C(C)=O)CC2)CC1. The lowest BCUT2D eigenvalue weighted by atomic mass is 9.90. The molecule has 2 amide bonds. The zero-order valence-corrected chi connectivity index (χ0v) is 18.0. The minimum Gasteiger partial charge on any atom is -0.355 e. The molecule has 160 valence electrons. The molecule has 0 aromatic rings. The molecule has 6 heteroatoms. The smallest absolute Gasteiger partial charge is 0.220 e. The van der Waals surface area contributed by atoms with Crippen LogP contribution in [-0.4, -0.2) is 84.4 Å². The molecule has 0 aliphatic carbocycles. The molecule has 1 N–H and O–H groups in total. The first-order valence-electron chi connectivity index (χ1n) is 11.6. The first kappa shape index (κ1) is 21.6. The molecule has 0 aromatic carbocycles. The summed E-state index contributed by atoms with van der Waals surface area (Å²) >= 11 is 0. The Labute approximate surface area is 171 Å². The van der Waals surface area contributed by atoms with Gasteiger partial charge in [-0.3, -0.25) is 14.5 Å². The Morgan fingerprint density at radius 2 is 1.68 bits per heavy atom. The highest BCUT2D eigenvalue weighted by atomic mass is 16.2. The summed E-state index contributed by atoms with van der Waals surface area (Å²) in [7, 11) is 0. The van der Waals surface area contributed by atoms with Crippen LogP contribution in [0.25, 0.3) is 0 Å². The van der Waals surface area contributed by atoms with Gasteiger partial charge in [0, 0.05) is 45.1 Å². The predicted octanol–water partition coefficient (Wildman–Crippen LogP) is 2.09. The molecule has 0 spiro atoms. The lowest BCUT2D eigenvalue weighted by molar-refractivity contribution is -0.130. The van der Waals surface area contributed by atoms with Crippen molar-refractivity contribution in [2.45, 2.75) is 77.3 Å². The summed E-state index contributed by atoms with van der Waals surface area (Å²) in [5, 5.41) is 3.18. The van der Waals surface area contributed by atoms with E-state index in [9.17, 15) is 9.59 Å². The van der Waals surface area contributed by atoms with E-state index in [1.54, 1.807) is 6.92 Å². The molecular weight excluding hydrogens is 352 g/mol. The van der Waals surface area contributed by atoms with Gasteiger partial charge in [0.25, 0.3) is 0 Å². The molecule has 3 fully saturated rings. The molecule has 1 unspecified atom stereocenters. The van der Waals surface area contributed by atoms with Crippen LogP contribution < -0.4 is 5.32 Å². The monoisotopic (exact) mass is 392 g/mol. The van der Waals surface area contributed by atoms with Crippen LogP contribution >= 0.6 is 0 Å². The number of nitrogens with zero attached hydrogens (tertiary/aromatic N) is 3. The van der Waals surface area contributed by atoms with E-state index < -0.39 is 0 Å². The molecule has 3 heterocycles. The van der Waals surface area contributed by atoms with Gasteiger partial charge in [0.05, 0.1) is 0 Å². The van der Waals surface area contributed by atoms with Crippen molar-refractivity contribution in [1.82, 2.24) is 20.0 Å². The van der Waals surface area contributed by atoms with E-state index in [1.165, 1.54) is 32.2 Å². The average molecular weight is 393 g/mol. The third-order valence-corrected chi connectivity index (χ3v) is 7.30. The standard InChI is InChI=1S/C22H40N4O2/c1-3-24-12-4-5-21(24)17-23-22(28)7-6-19-8-13-26(14-9-19)20-10-15-25(16-11-20)18(2)27/h19-21H,3-17H2,1-2H3,(H,23,28). The number of amides is 2. The van der Waals surface area contributed by atoms with E-state index in [2.05, 4.69) is 22.0 Å². The molecule has 3 saturated heterocycles. The maximum atomic E-state index is 12.3. The van der Waals surface area contributed by atoms with Gasteiger partial charge < -0.3 is 15.1 Å². The fourth-order valence-corrected chi connectivity index (χ4v) is 5.35. The summed E-state index contributed by atoms with van der Waals surface area (Å²) in [5.41, 5.74) is 0. The molecule has 3 aliphatic rings. The number of nitrogens with one attached hydrogen (secondary N) is 1. The van der Waals surface area contributed by atoms with Crippen LogP contribution in [0.3, 0.4) is 0 Å². The second-order valence-corrected chi connectivity index (χ2v) is 8.98. The van der Waals surface area contributed by atoms with E-state index in [-0.39, 0.29) is 11.8 Å². The third-order valence-electron chi connectivity index (χ3n) is 7.30. The Balaban J connectivity index is 1.28. The second kappa shape index (κ2) is 10.6. The molecule has 3 rings (SSSR count). The van der Waals surface area contributed by atoms with E-state index in [4.69, 9.17) is 0 Å². The van der Waals surface area contributed by atoms with Crippen LogP contribution in [0.5, 0.6) is 0 Å². The number of hydrogen-bond donors (Lipinski definition) is 1. The minimum absolute atomic E-state index is 0.214. The summed E-state index contributed by atoms with van der Waals surface area (Å²) in [5.74, 6) is 1.14. The molecule has 1 atom stereocenters. The van der Waals surface area contributed by atoms with Crippen molar-refractivity contribution >= 4 is 11.8 Å². The Kier molecular flexibility index (Phi) is 8.15. The Morgan fingerprint density at radius 3 is 2.32 bits per heavy atom. The van der Waals surface area contributed by atoms with Gasteiger partial charge in [-0.25, -0.2) is 0 Å². The number of piperidine rings is 2. The molecule has 0 saturated carbocycles. The lowest BCUT2D eigenvalue weighted by Crippen LogP contribution is -2.48. The van der Waals surface area contributed by atoms with Crippen molar-refractivity contribution in [1.29, 1.82) is 0 Å². The second-order valence-electron chi connectivity index (χ2n) is 8.98. The van der Waals surface area contributed by atoms with E-state index in [1.807, 2.05) is 4.90 Å². The quantitative estimate of drug-likeness (QED) is 0.721. The zero-order chi connectivity index (χ0) is 19.9. The number of carbonyl (C=O) groups is 2. The Bertz CT molecular complexity index is 511. The van der Waals surface area contributed by atoms with Crippen molar-refractivity contribution in [2.75, 3.05) is 45.8 Å². The van der Waals surface area contributed by atoms with Crippen molar-refractivity contribution in [3.8, 4) is 0 Å². The highest BCUT2D eigenvalue weighted by Crippen LogP contribution is 2.26. The summed E-state index contributed by atoms with van der Waals surface area (Å²) in [6.07, 6.45) is 8.86. The van der Waals surface area contributed by atoms with Crippen LogP contribution in [0, 0.1) is 5.92 Å². The van der Waals surface area contributed by atoms with Gasteiger partial charge in [0.15, 0.2) is 0 Å². The maximum Gasteiger partial charge on any atom is 0.220 e. The molecule has 0 radical (unpaired) electrons. The average Bonchev–Trinajstić information content (AvgIpc) is 3.19. The van der Waals surface area contributed by atoms with Gasteiger partial charge >= 0.3 is 0 Å². The highest BCUT2D eigenvalue weighted by Gasteiger charge is 2.29. The van der Waals surface area contributed by atoms with Crippen molar-refractivity contribution in [2.24, 2.45) is 5.92 Å². The van der Waals surface area contributed by atoms with E-state index in [0.717, 1.165) is 58.5 Å². The van der Waals surface area contributed by atoms with E-state index >= 15 is 0 Å². The van der Waals surface area contributed by atoms with Crippen LogP contribution in [0.1, 0.15) is 65.2 Å². The maximum absolute atomic E-state index is 12.3. The van der Waals surface area contributed by atoms with Gasteiger partial charge in [-0.2, -0.15) is 0 Å². The van der Waals surface area contributed by atoms with E-state index in [0.29, 0.717) is 24.4 Å². The number of hydrogen-bond acceptors (Lipinski definition) is 4. The van der Waals surface area contributed by atoms with Gasteiger partial charge in [-0.05, 0) is 77.0 Å². The normalized spacial score (nSPS) is 25.9. The third kappa shape index (κ3) is 5.93. The Hall–Kier alpha value is -1.14. The first-order valence-corrected chi connectivity index (χ1v) is 11.6. The van der Waals surface area contributed by atoms with Crippen LogP contribution in [0.15, 0.2) is 0 Å². The predicted molar refractivity (Wildman–Crippen MR) is 112 cm³/mol. The highest BCUT2D eigenvalue weighted by molar-refractivity contribution is 5.75. The largest absolute Gasteiger partial charge is 0.355 e. The van der Waals surface area contributed by atoms with Crippen molar-refractivity contribution in [3.63, 3.8) is 0 Å². The minimum atomic E-state index is 0.214.